The van der Waals surface area contributed by atoms with E-state index in [1.54, 1.807) is 5.69 Å². The Bertz CT molecular complexity index is 365. The number of imidazole rings is 1. The molecule has 0 spiro atoms. The third-order valence-electron chi connectivity index (χ3n) is 4.06. The van der Waals surface area contributed by atoms with Crippen molar-refractivity contribution in [3.63, 3.8) is 0 Å². The maximum Gasteiger partial charge on any atom is 0.109 e. The topological polar surface area (TPSA) is 17.8 Å². The average molecular weight is 204 g/mol. The highest BCUT2D eigenvalue weighted by atomic mass is 15.1. The number of hydrogen-bond donors (Lipinski definition) is 0. The van der Waals surface area contributed by atoms with Crippen LogP contribution in [0.15, 0.2) is 0 Å². The SMILES string of the molecule is CCC1CCCc2c1nc1n2CCCC1. The van der Waals surface area contributed by atoms with Crippen LogP contribution in [0.3, 0.4) is 0 Å². The molecule has 2 nitrogen and oxygen atoms in total. The molecule has 0 N–H and O–H groups in total. The third kappa shape index (κ3) is 1.42. The predicted molar refractivity (Wildman–Crippen MR) is 61.1 cm³/mol. The zero-order valence-electron chi connectivity index (χ0n) is 9.63. The zero-order chi connectivity index (χ0) is 10.3. The molecule has 1 aromatic heterocycles. The van der Waals surface area contributed by atoms with Gasteiger partial charge in [0.2, 0.25) is 0 Å². The highest BCUT2D eigenvalue weighted by Gasteiger charge is 2.26. The summed E-state index contributed by atoms with van der Waals surface area (Å²) in [7, 11) is 0. The zero-order valence-corrected chi connectivity index (χ0v) is 9.63. The fourth-order valence-electron chi connectivity index (χ4n) is 3.21. The summed E-state index contributed by atoms with van der Waals surface area (Å²) in [5, 5.41) is 0. The lowest BCUT2D eigenvalue weighted by molar-refractivity contribution is 0.483. The summed E-state index contributed by atoms with van der Waals surface area (Å²) >= 11 is 0. The van der Waals surface area contributed by atoms with Gasteiger partial charge in [-0.25, -0.2) is 4.98 Å². The molecule has 2 heterocycles. The minimum atomic E-state index is 0.756. The molecule has 0 aromatic carbocycles. The molecule has 0 amide bonds. The van der Waals surface area contributed by atoms with Gasteiger partial charge in [-0.05, 0) is 38.5 Å². The predicted octanol–water partition coefficient (Wildman–Crippen LogP) is 3.05. The van der Waals surface area contributed by atoms with E-state index in [-0.39, 0.29) is 0 Å². The summed E-state index contributed by atoms with van der Waals surface area (Å²) in [5.41, 5.74) is 3.04. The summed E-state index contributed by atoms with van der Waals surface area (Å²) in [5.74, 6) is 2.14. The molecule has 0 saturated carbocycles. The lowest BCUT2D eigenvalue weighted by Crippen LogP contribution is -2.15. The number of aromatic nitrogens is 2. The molecule has 1 aliphatic heterocycles. The Labute approximate surface area is 91.7 Å². The minimum absolute atomic E-state index is 0.756. The van der Waals surface area contributed by atoms with Gasteiger partial charge in [0.1, 0.15) is 5.82 Å². The van der Waals surface area contributed by atoms with E-state index in [4.69, 9.17) is 4.98 Å². The van der Waals surface area contributed by atoms with Crippen molar-refractivity contribution in [3.05, 3.63) is 17.2 Å². The van der Waals surface area contributed by atoms with E-state index in [2.05, 4.69) is 11.5 Å². The number of rotatable bonds is 1. The smallest absolute Gasteiger partial charge is 0.109 e. The second kappa shape index (κ2) is 3.66. The van der Waals surface area contributed by atoms with Crippen molar-refractivity contribution < 1.29 is 0 Å². The van der Waals surface area contributed by atoms with E-state index < -0.39 is 0 Å². The van der Waals surface area contributed by atoms with Crippen molar-refractivity contribution in [2.75, 3.05) is 0 Å². The summed E-state index contributed by atoms with van der Waals surface area (Å²) in [6.07, 6.45) is 9.18. The first-order valence-electron chi connectivity index (χ1n) is 6.48. The molecule has 1 aromatic rings. The summed E-state index contributed by atoms with van der Waals surface area (Å²) in [4.78, 5) is 4.91. The van der Waals surface area contributed by atoms with Crippen molar-refractivity contribution in [1.82, 2.24) is 9.55 Å². The quantitative estimate of drug-likeness (QED) is 0.687. The molecule has 0 bridgehead atoms. The maximum absolute atomic E-state index is 4.91. The van der Waals surface area contributed by atoms with Crippen molar-refractivity contribution >= 4 is 0 Å². The normalized spacial score (nSPS) is 24.7. The van der Waals surface area contributed by atoms with Gasteiger partial charge in [0.25, 0.3) is 0 Å². The van der Waals surface area contributed by atoms with E-state index in [0.29, 0.717) is 0 Å². The van der Waals surface area contributed by atoms with Gasteiger partial charge >= 0.3 is 0 Å². The van der Waals surface area contributed by atoms with Crippen LogP contribution in [0.4, 0.5) is 0 Å². The summed E-state index contributed by atoms with van der Waals surface area (Å²) in [6.45, 7) is 3.53. The highest BCUT2D eigenvalue weighted by Crippen LogP contribution is 2.35. The van der Waals surface area contributed by atoms with Crippen molar-refractivity contribution in [1.29, 1.82) is 0 Å². The van der Waals surface area contributed by atoms with Gasteiger partial charge in [-0.2, -0.15) is 0 Å². The molecular weight excluding hydrogens is 184 g/mol. The lowest BCUT2D eigenvalue weighted by Gasteiger charge is -2.22. The number of fused-ring (bicyclic) bond motifs is 3. The fraction of sp³-hybridized carbons (Fsp3) is 0.769. The molecule has 2 aliphatic rings. The highest BCUT2D eigenvalue weighted by molar-refractivity contribution is 5.25. The van der Waals surface area contributed by atoms with Gasteiger partial charge in [0.15, 0.2) is 0 Å². The van der Waals surface area contributed by atoms with E-state index in [9.17, 15) is 0 Å². The number of hydrogen-bond acceptors (Lipinski definition) is 1. The van der Waals surface area contributed by atoms with Gasteiger partial charge in [-0.3, -0.25) is 0 Å². The fourth-order valence-corrected chi connectivity index (χ4v) is 3.21. The molecule has 1 atom stereocenters. The molecular formula is C13H20N2. The van der Waals surface area contributed by atoms with Gasteiger partial charge < -0.3 is 4.57 Å². The van der Waals surface area contributed by atoms with Crippen LogP contribution >= 0.6 is 0 Å². The molecule has 0 fully saturated rings. The van der Waals surface area contributed by atoms with E-state index in [1.807, 2.05) is 0 Å². The molecule has 3 rings (SSSR count). The molecule has 1 unspecified atom stereocenters. The Hall–Kier alpha value is -0.790. The number of nitrogens with zero attached hydrogens (tertiary/aromatic N) is 2. The second-order valence-electron chi connectivity index (χ2n) is 4.97. The largest absolute Gasteiger partial charge is 0.332 e. The van der Waals surface area contributed by atoms with Crippen LogP contribution in [0, 0.1) is 0 Å². The Kier molecular flexibility index (Phi) is 2.30. The van der Waals surface area contributed by atoms with Crippen LogP contribution in [0.25, 0.3) is 0 Å². The van der Waals surface area contributed by atoms with E-state index in [1.165, 1.54) is 63.0 Å². The molecule has 82 valence electrons. The monoisotopic (exact) mass is 204 g/mol. The third-order valence-corrected chi connectivity index (χ3v) is 4.06. The first-order chi connectivity index (χ1) is 7.40. The van der Waals surface area contributed by atoms with Crippen molar-refractivity contribution in [2.45, 2.75) is 64.3 Å². The maximum atomic E-state index is 4.91. The number of aryl methyl sites for hydroxylation is 1. The van der Waals surface area contributed by atoms with Crippen LogP contribution in [0.1, 0.15) is 62.2 Å². The Balaban J connectivity index is 2.06. The van der Waals surface area contributed by atoms with Crippen LogP contribution in [-0.4, -0.2) is 9.55 Å². The van der Waals surface area contributed by atoms with E-state index in [0.717, 1.165) is 5.92 Å². The Morgan fingerprint density at radius 2 is 2.20 bits per heavy atom. The first kappa shape index (κ1) is 9.44. The molecule has 2 heteroatoms. The van der Waals surface area contributed by atoms with Gasteiger partial charge in [0.05, 0.1) is 5.69 Å². The van der Waals surface area contributed by atoms with Gasteiger partial charge in [-0.15, -0.1) is 0 Å². The molecule has 0 radical (unpaired) electrons. The standard InChI is InChI=1S/C13H20N2/c1-2-10-6-5-7-11-13(10)14-12-8-3-4-9-15(11)12/h10H,2-9H2,1H3. The summed E-state index contributed by atoms with van der Waals surface area (Å²) in [6, 6.07) is 0. The molecule has 0 saturated heterocycles. The van der Waals surface area contributed by atoms with Gasteiger partial charge in [-0.1, -0.05) is 6.92 Å². The minimum Gasteiger partial charge on any atom is -0.332 e. The molecule has 1 aliphatic carbocycles. The van der Waals surface area contributed by atoms with Crippen molar-refractivity contribution in [2.24, 2.45) is 0 Å². The van der Waals surface area contributed by atoms with Crippen molar-refractivity contribution in [3.8, 4) is 0 Å². The first-order valence-corrected chi connectivity index (χ1v) is 6.48. The Morgan fingerprint density at radius 1 is 1.27 bits per heavy atom. The summed E-state index contributed by atoms with van der Waals surface area (Å²) < 4.78 is 2.53. The Morgan fingerprint density at radius 3 is 3.07 bits per heavy atom. The van der Waals surface area contributed by atoms with Crippen LogP contribution < -0.4 is 0 Å². The van der Waals surface area contributed by atoms with Crippen LogP contribution in [0.5, 0.6) is 0 Å². The van der Waals surface area contributed by atoms with Gasteiger partial charge in [0, 0.05) is 24.6 Å². The molecule has 15 heavy (non-hydrogen) atoms. The van der Waals surface area contributed by atoms with E-state index >= 15 is 0 Å². The second-order valence-corrected chi connectivity index (χ2v) is 4.97. The van der Waals surface area contributed by atoms with Crippen LogP contribution in [0.2, 0.25) is 0 Å². The van der Waals surface area contributed by atoms with Crippen LogP contribution in [-0.2, 0) is 19.4 Å². The lowest BCUT2D eigenvalue weighted by atomic mass is 9.88. The average Bonchev–Trinajstić information content (AvgIpc) is 2.67.